The highest BCUT2D eigenvalue weighted by Crippen LogP contribution is 2.20. The summed E-state index contributed by atoms with van der Waals surface area (Å²) in [5.41, 5.74) is 2.36. The number of nitrogens with zero attached hydrogens (tertiary/aromatic N) is 2. The molecule has 0 fully saturated rings. The molecule has 3 N–H and O–H groups in total. The fourth-order valence-corrected chi connectivity index (χ4v) is 1.81. The molecular weight excluding hydrogens is 268 g/mol. The van der Waals surface area contributed by atoms with E-state index in [1.807, 2.05) is 31.2 Å². The molecule has 21 heavy (non-hydrogen) atoms. The molecule has 1 unspecified atom stereocenters. The molecule has 1 heterocycles. The summed E-state index contributed by atoms with van der Waals surface area (Å²) in [7, 11) is 0. The number of urea groups is 1. The molecule has 0 aliphatic rings. The molecule has 2 aromatic rings. The van der Waals surface area contributed by atoms with Gasteiger partial charge in [-0.3, -0.25) is 0 Å². The summed E-state index contributed by atoms with van der Waals surface area (Å²) >= 11 is 0. The van der Waals surface area contributed by atoms with Crippen molar-refractivity contribution in [2.24, 2.45) is 0 Å². The lowest BCUT2D eigenvalue weighted by Crippen LogP contribution is -2.38. The molecule has 0 saturated heterocycles. The van der Waals surface area contributed by atoms with Gasteiger partial charge in [0.2, 0.25) is 0 Å². The minimum atomic E-state index is -0.354. The zero-order chi connectivity index (χ0) is 15.2. The molecule has 1 aromatic heterocycles. The van der Waals surface area contributed by atoms with E-state index in [0.717, 1.165) is 11.3 Å². The van der Waals surface area contributed by atoms with E-state index in [1.54, 1.807) is 19.2 Å². The summed E-state index contributed by atoms with van der Waals surface area (Å²) in [6.45, 7) is 3.45. The Hall–Kier alpha value is -2.47. The molecule has 1 atom stereocenters. The van der Waals surface area contributed by atoms with E-state index in [9.17, 15) is 4.79 Å². The molecule has 0 radical (unpaired) electrons. The predicted molar refractivity (Wildman–Crippen MR) is 80.9 cm³/mol. The van der Waals surface area contributed by atoms with Crippen molar-refractivity contribution in [1.82, 2.24) is 15.3 Å². The number of amides is 2. The van der Waals surface area contributed by atoms with Gasteiger partial charge in [-0.05, 0) is 32.0 Å². The van der Waals surface area contributed by atoms with Crippen molar-refractivity contribution in [1.29, 1.82) is 0 Å². The van der Waals surface area contributed by atoms with Gasteiger partial charge in [0.1, 0.15) is 5.82 Å². The second kappa shape index (κ2) is 6.81. The first-order chi connectivity index (χ1) is 10.1. The normalized spacial score (nSPS) is 11.8. The maximum Gasteiger partial charge on any atom is 0.319 e. The van der Waals surface area contributed by atoms with Crippen LogP contribution < -0.4 is 10.6 Å². The first kappa shape index (κ1) is 14.9. The number of anilines is 1. The standard InChI is InChI=1S/C15H18N4O2/c1-10(9-20)17-15(21)19-13-5-3-4-12(8-13)14-6-7-16-11(2)18-14/h3-8,10,20H,9H2,1-2H3,(H2,17,19,21). The Morgan fingerprint density at radius 2 is 2.19 bits per heavy atom. The van der Waals surface area contributed by atoms with Crippen molar-refractivity contribution < 1.29 is 9.90 Å². The number of hydrogen-bond donors (Lipinski definition) is 3. The van der Waals surface area contributed by atoms with Crippen LogP contribution in [0.15, 0.2) is 36.5 Å². The van der Waals surface area contributed by atoms with Gasteiger partial charge in [0, 0.05) is 17.4 Å². The summed E-state index contributed by atoms with van der Waals surface area (Å²) in [4.78, 5) is 20.1. The van der Waals surface area contributed by atoms with Crippen molar-refractivity contribution in [3.63, 3.8) is 0 Å². The summed E-state index contributed by atoms with van der Waals surface area (Å²) in [5.74, 6) is 0.695. The van der Waals surface area contributed by atoms with Gasteiger partial charge in [-0.25, -0.2) is 14.8 Å². The molecule has 0 bridgehead atoms. The average Bonchev–Trinajstić information content (AvgIpc) is 2.47. The molecule has 2 rings (SSSR count). The van der Waals surface area contributed by atoms with Gasteiger partial charge < -0.3 is 15.7 Å². The molecule has 0 aliphatic heterocycles. The highest BCUT2D eigenvalue weighted by atomic mass is 16.3. The summed E-state index contributed by atoms with van der Waals surface area (Å²) in [5, 5.41) is 14.3. The second-order valence-electron chi connectivity index (χ2n) is 4.75. The minimum absolute atomic E-state index is 0.104. The van der Waals surface area contributed by atoms with Crippen LogP contribution in [0.25, 0.3) is 11.3 Å². The third-order valence-electron chi connectivity index (χ3n) is 2.84. The monoisotopic (exact) mass is 286 g/mol. The van der Waals surface area contributed by atoms with Crippen molar-refractivity contribution >= 4 is 11.7 Å². The highest BCUT2D eigenvalue weighted by molar-refractivity contribution is 5.90. The molecular formula is C15H18N4O2. The van der Waals surface area contributed by atoms with Gasteiger partial charge in [0.25, 0.3) is 0 Å². The molecule has 0 spiro atoms. The van der Waals surface area contributed by atoms with Crippen molar-refractivity contribution in [2.45, 2.75) is 19.9 Å². The quantitative estimate of drug-likeness (QED) is 0.801. The Bertz CT molecular complexity index is 631. The summed E-state index contributed by atoms with van der Waals surface area (Å²) in [6, 6.07) is 8.57. The van der Waals surface area contributed by atoms with E-state index in [4.69, 9.17) is 5.11 Å². The highest BCUT2D eigenvalue weighted by Gasteiger charge is 2.07. The first-order valence-corrected chi connectivity index (χ1v) is 6.67. The number of carbonyl (C=O) groups is 1. The Morgan fingerprint density at radius 1 is 1.38 bits per heavy atom. The molecule has 6 nitrogen and oxygen atoms in total. The van der Waals surface area contributed by atoms with E-state index in [0.29, 0.717) is 11.5 Å². The number of hydrogen-bond acceptors (Lipinski definition) is 4. The van der Waals surface area contributed by atoms with Crippen LogP contribution in [0.1, 0.15) is 12.7 Å². The lowest BCUT2D eigenvalue weighted by Gasteiger charge is -2.12. The maximum atomic E-state index is 11.7. The van der Waals surface area contributed by atoms with E-state index in [2.05, 4.69) is 20.6 Å². The van der Waals surface area contributed by atoms with Crippen LogP contribution in [0.5, 0.6) is 0 Å². The number of nitrogens with one attached hydrogen (secondary N) is 2. The summed E-state index contributed by atoms with van der Waals surface area (Å²) in [6.07, 6.45) is 1.70. The maximum absolute atomic E-state index is 11.7. The number of rotatable bonds is 4. The predicted octanol–water partition coefficient (Wildman–Crippen LogP) is 1.95. The number of benzene rings is 1. The Labute approximate surface area is 123 Å². The van der Waals surface area contributed by atoms with Crippen LogP contribution in [0.3, 0.4) is 0 Å². The Balaban J connectivity index is 2.13. The van der Waals surface area contributed by atoms with Crippen LogP contribution in [0.2, 0.25) is 0 Å². The van der Waals surface area contributed by atoms with Crippen molar-refractivity contribution in [3.05, 3.63) is 42.4 Å². The lowest BCUT2D eigenvalue weighted by atomic mass is 10.1. The number of aryl methyl sites for hydroxylation is 1. The zero-order valence-corrected chi connectivity index (χ0v) is 12.0. The second-order valence-corrected chi connectivity index (χ2v) is 4.75. The SMILES string of the molecule is Cc1nccc(-c2cccc(NC(=O)NC(C)CO)c2)n1. The number of aromatic nitrogens is 2. The van der Waals surface area contributed by atoms with Crippen molar-refractivity contribution in [3.8, 4) is 11.3 Å². The number of carbonyl (C=O) groups excluding carboxylic acids is 1. The van der Waals surface area contributed by atoms with Gasteiger partial charge >= 0.3 is 6.03 Å². The van der Waals surface area contributed by atoms with E-state index in [-0.39, 0.29) is 18.7 Å². The van der Waals surface area contributed by atoms with Crippen LogP contribution in [-0.4, -0.2) is 33.8 Å². The fraction of sp³-hybridized carbons (Fsp3) is 0.267. The van der Waals surface area contributed by atoms with Crippen LogP contribution in [-0.2, 0) is 0 Å². The van der Waals surface area contributed by atoms with Gasteiger partial charge in [-0.15, -0.1) is 0 Å². The molecule has 2 amide bonds. The average molecular weight is 286 g/mol. The molecule has 0 aliphatic carbocycles. The van der Waals surface area contributed by atoms with Crippen LogP contribution >= 0.6 is 0 Å². The largest absolute Gasteiger partial charge is 0.394 e. The zero-order valence-electron chi connectivity index (χ0n) is 12.0. The van der Waals surface area contributed by atoms with E-state index in [1.165, 1.54) is 0 Å². The molecule has 0 saturated carbocycles. The smallest absolute Gasteiger partial charge is 0.319 e. The van der Waals surface area contributed by atoms with Crippen LogP contribution in [0, 0.1) is 6.92 Å². The van der Waals surface area contributed by atoms with Crippen LogP contribution in [0.4, 0.5) is 10.5 Å². The molecule has 6 heteroatoms. The van der Waals surface area contributed by atoms with Crippen molar-refractivity contribution in [2.75, 3.05) is 11.9 Å². The third-order valence-corrected chi connectivity index (χ3v) is 2.84. The van der Waals surface area contributed by atoms with Gasteiger partial charge in [0.15, 0.2) is 0 Å². The molecule has 110 valence electrons. The summed E-state index contributed by atoms with van der Waals surface area (Å²) < 4.78 is 0. The Kier molecular flexibility index (Phi) is 4.84. The number of aliphatic hydroxyl groups is 1. The third kappa shape index (κ3) is 4.25. The number of aliphatic hydroxyl groups excluding tert-OH is 1. The lowest BCUT2D eigenvalue weighted by molar-refractivity contribution is 0.229. The van der Waals surface area contributed by atoms with Gasteiger partial charge in [0.05, 0.1) is 18.3 Å². The molecule has 1 aromatic carbocycles. The van der Waals surface area contributed by atoms with E-state index >= 15 is 0 Å². The Morgan fingerprint density at radius 3 is 2.90 bits per heavy atom. The van der Waals surface area contributed by atoms with Gasteiger partial charge in [-0.1, -0.05) is 12.1 Å². The van der Waals surface area contributed by atoms with E-state index < -0.39 is 0 Å². The van der Waals surface area contributed by atoms with Gasteiger partial charge in [-0.2, -0.15) is 0 Å². The minimum Gasteiger partial charge on any atom is -0.394 e. The topological polar surface area (TPSA) is 87.1 Å². The first-order valence-electron chi connectivity index (χ1n) is 6.67. The fourth-order valence-electron chi connectivity index (χ4n) is 1.81.